The van der Waals surface area contributed by atoms with Crippen molar-refractivity contribution >= 4 is 23.5 Å². The third-order valence-corrected chi connectivity index (χ3v) is 7.85. The van der Waals surface area contributed by atoms with E-state index in [4.69, 9.17) is 4.74 Å². The van der Waals surface area contributed by atoms with E-state index in [9.17, 15) is 4.79 Å². The number of ether oxygens (including phenoxy) is 1. The fourth-order valence-electron chi connectivity index (χ4n) is 5.47. The molecule has 3 aliphatic rings. The number of allylic oxidation sites excluding steroid dienone is 1. The van der Waals surface area contributed by atoms with Gasteiger partial charge >= 0.3 is 0 Å². The van der Waals surface area contributed by atoms with Crippen LogP contribution < -0.4 is 15.4 Å². The molecule has 0 radical (unpaired) electrons. The van der Waals surface area contributed by atoms with Gasteiger partial charge in [-0.05, 0) is 69.6 Å². The molecule has 0 spiro atoms. The second-order valence-electron chi connectivity index (χ2n) is 11.0. The van der Waals surface area contributed by atoms with Gasteiger partial charge in [-0.25, -0.2) is 8.91 Å². The van der Waals surface area contributed by atoms with Gasteiger partial charge in [0.2, 0.25) is 5.91 Å². The van der Waals surface area contributed by atoms with E-state index in [-0.39, 0.29) is 30.0 Å². The third-order valence-electron chi connectivity index (χ3n) is 7.85. The van der Waals surface area contributed by atoms with Crippen LogP contribution in [-0.2, 0) is 4.79 Å². The molecule has 3 aromatic heterocycles. The summed E-state index contributed by atoms with van der Waals surface area (Å²) in [5.41, 5.74) is 3.62. The van der Waals surface area contributed by atoms with Crippen LogP contribution in [0.3, 0.4) is 0 Å². The first-order chi connectivity index (χ1) is 18.3. The number of halogens is 1. The van der Waals surface area contributed by atoms with Crippen LogP contribution in [0.15, 0.2) is 47.4 Å². The second kappa shape index (κ2) is 9.85. The van der Waals surface area contributed by atoms with E-state index in [1.807, 2.05) is 32.3 Å². The number of hydrogen-bond donors (Lipinski definition) is 2. The van der Waals surface area contributed by atoms with Crippen molar-refractivity contribution in [3.63, 3.8) is 0 Å². The van der Waals surface area contributed by atoms with Gasteiger partial charge in [0.15, 0.2) is 5.82 Å². The molecule has 2 fully saturated rings. The second-order valence-corrected chi connectivity index (χ2v) is 11.0. The summed E-state index contributed by atoms with van der Waals surface area (Å²) in [4.78, 5) is 21.8. The molecule has 8 nitrogen and oxygen atoms in total. The zero-order valence-electron chi connectivity index (χ0n) is 21.9. The molecule has 1 aliphatic heterocycles. The predicted molar refractivity (Wildman–Crippen MR) is 145 cm³/mol. The van der Waals surface area contributed by atoms with Crippen LogP contribution in [0.1, 0.15) is 51.6 Å². The highest BCUT2D eigenvalue weighted by Crippen LogP contribution is 2.43. The lowest BCUT2D eigenvalue weighted by Crippen LogP contribution is -2.30. The number of carbonyl (C=O) groups is 1. The molecular weight excluding hydrogens is 483 g/mol. The lowest BCUT2D eigenvalue weighted by molar-refractivity contribution is -0.117. The number of aliphatic imine (C=N–C) groups is 1. The zero-order chi connectivity index (χ0) is 26.4. The molecule has 0 aromatic carbocycles. The minimum absolute atomic E-state index is 0.0792. The van der Waals surface area contributed by atoms with Crippen LogP contribution in [0, 0.1) is 30.5 Å². The van der Waals surface area contributed by atoms with Gasteiger partial charge in [-0.2, -0.15) is 0 Å². The molecule has 0 bridgehead atoms. The molecule has 2 saturated carbocycles. The minimum atomic E-state index is -0.418. The van der Waals surface area contributed by atoms with E-state index in [1.54, 1.807) is 18.3 Å². The van der Waals surface area contributed by atoms with E-state index >= 15 is 4.39 Å². The summed E-state index contributed by atoms with van der Waals surface area (Å²) < 4.78 is 23.2. The smallest absolute Gasteiger partial charge is 0.229 e. The number of pyridine rings is 2. The van der Waals surface area contributed by atoms with Crippen molar-refractivity contribution in [1.29, 1.82) is 0 Å². The Morgan fingerprint density at radius 2 is 1.97 bits per heavy atom. The average Bonchev–Trinajstić information content (AvgIpc) is 3.61. The van der Waals surface area contributed by atoms with Gasteiger partial charge in [-0.1, -0.05) is 6.92 Å². The van der Waals surface area contributed by atoms with Crippen molar-refractivity contribution < 1.29 is 13.9 Å². The van der Waals surface area contributed by atoms with Crippen molar-refractivity contribution in [3.8, 4) is 16.9 Å². The van der Waals surface area contributed by atoms with Gasteiger partial charge in [-0.15, -0.1) is 5.10 Å². The van der Waals surface area contributed by atoms with Crippen LogP contribution in [0.5, 0.6) is 5.75 Å². The molecule has 6 rings (SSSR count). The topological polar surface area (TPSA) is 92.9 Å². The Hall–Kier alpha value is -3.75. The van der Waals surface area contributed by atoms with Gasteiger partial charge in [0.1, 0.15) is 17.7 Å². The van der Waals surface area contributed by atoms with Crippen LogP contribution in [0.4, 0.5) is 10.2 Å². The maximum Gasteiger partial charge on any atom is 0.229 e. The average molecular weight is 517 g/mol. The monoisotopic (exact) mass is 516 g/mol. The highest BCUT2D eigenvalue weighted by Gasteiger charge is 2.48. The van der Waals surface area contributed by atoms with Crippen LogP contribution in [0.25, 0.3) is 16.6 Å². The summed E-state index contributed by atoms with van der Waals surface area (Å²) in [6, 6.07) is 5.37. The van der Waals surface area contributed by atoms with Gasteiger partial charge in [-0.3, -0.25) is 14.8 Å². The first-order valence-electron chi connectivity index (χ1n) is 13.4. The highest BCUT2D eigenvalue weighted by molar-refractivity contribution is 5.94. The number of hydrogen-bond acceptors (Lipinski definition) is 6. The van der Waals surface area contributed by atoms with E-state index in [0.29, 0.717) is 34.1 Å². The normalized spacial score (nSPS) is 26.5. The zero-order valence-corrected chi connectivity index (χ0v) is 21.9. The molecule has 38 heavy (non-hydrogen) atoms. The SMILES string of the molecule is CC1=CNC(C2CC2C(=O)Nc2cc3cc(-c4cc(C)ncc4OC4CCC(C)CC4)c(F)cn3n2)N=C1. The number of nitrogens with one attached hydrogen (secondary N) is 2. The largest absolute Gasteiger partial charge is 0.488 e. The Balaban J connectivity index is 1.20. The summed E-state index contributed by atoms with van der Waals surface area (Å²) in [5, 5.41) is 10.5. The molecule has 1 amide bonds. The molecule has 3 unspecified atom stereocenters. The van der Waals surface area contributed by atoms with Crippen molar-refractivity contribution in [3.05, 3.63) is 53.9 Å². The van der Waals surface area contributed by atoms with Gasteiger partial charge < -0.3 is 15.4 Å². The highest BCUT2D eigenvalue weighted by atomic mass is 19.1. The fourth-order valence-corrected chi connectivity index (χ4v) is 5.47. The number of carbonyl (C=O) groups excluding carboxylic acids is 1. The lowest BCUT2D eigenvalue weighted by atomic mass is 9.89. The van der Waals surface area contributed by atoms with Crippen molar-refractivity contribution in [2.45, 2.75) is 65.1 Å². The van der Waals surface area contributed by atoms with Gasteiger partial charge in [0.05, 0.1) is 24.0 Å². The minimum Gasteiger partial charge on any atom is -0.488 e. The van der Waals surface area contributed by atoms with Crippen molar-refractivity contribution in [1.82, 2.24) is 19.9 Å². The number of nitrogens with zero attached hydrogens (tertiary/aromatic N) is 4. The number of fused-ring (bicyclic) bond motifs is 1. The maximum absolute atomic E-state index is 15.4. The Morgan fingerprint density at radius 3 is 2.74 bits per heavy atom. The summed E-state index contributed by atoms with van der Waals surface area (Å²) in [6.45, 7) is 6.13. The Labute approximate surface area is 221 Å². The number of anilines is 1. The molecule has 0 saturated heterocycles. The quantitative estimate of drug-likeness (QED) is 0.465. The number of rotatable bonds is 6. The first kappa shape index (κ1) is 24.6. The number of amides is 1. The summed E-state index contributed by atoms with van der Waals surface area (Å²) in [6.07, 6.45) is 11.8. The van der Waals surface area contributed by atoms with Crippen molar-refractivity contribution in [2.75, 3.05) is 5.32 Å². The lowest BCUT2D eigenvalue weighted by Gasteiger charge is -2.27. The summed E-state index contributed by atoms with van der Waals surface area (Å²) >= 11 is 0. The summed E-state index contributed by atoms with van der Waals surface area (Å²) in [5.74, 6) is 1.21. The third kappa shape index (κ3) is 5.01. The van der Waals surface area contributed by atoms with E-state index in [1.165, 1.54) is 10.7 Å². The molecule has 2 N–H and O–H groups in total. The predicted octanol–water partition coefficient (Wildman–Crippen LogP) is 5.28. The number of aryl methyl sites for hydroxylation is 1. The van der Waals surface area contributed by atoms with Crippen LogP contribution in [0.2, 0.25) is 0 Å². The molecule has 9 heteroatoms. The summed E-state index contributed by atoms with van der Waals surface area (Å²) in [7, 11) is 0. The van der Waals surface area contributed by atoms with E-state index in [2.05, 4.69) is 32.6 Å². The van der Waals surface area contributed by atoms with Crippen molar-refractivity contribution in [2.24, 2.45) is 22.7 Å². The molecule has 3 aromatic rings. The van der Waals surface area contributed by atoms with E-state index in [0.717, 1.165) is 43.4 Å². The Morgan fingerprint density at radius 1 is 1.16 bits per heavy atom. The molecule has 4 heterocycles. The molecule has 198 valence electrons. The van der Waals surface area contributed by atoms with Gasteiger partial charge in [0, 0.05) is 47.1 Å². The number of aromatic nitrogens is 3. The van der Waals surface area contributed by atoms with E-state index < -0.39 is 5.82 Å². The van der Waals surface area contributed by atoms with Crippen LogP contribution >= 0.6 is 0 Å². The maximum atomic E-state index is 15.4. The Kier molecular flexibility index (Phi) is 6.37. The Bertz CT molecular complexity index is 1440. The van der Waals surface area contributed by atoms with Gasteiger partial charge in [0.25, 0.3) is 0 Å². The fraction of sp³-hybridized carbons (Fsp3) is 0.448. The first-order valence-corrected chi connectivity index (χ1v) is 13.4. The standard InChI is InChI=1S/C29H33FN6O2/c1-16-4-6-20(7-5-16)38-26-14-31-18(3)8-22(26)21-9-19-10-27(35-36(19)15-25(21)30)34-29(37)24-11-23(24)28-32-12-17(2)13-33-28/h8-10,12-16,20,23-24,28,32H,4-7,11H2,1-3H3,(H,34,35,37). The van der Waals surface area contributed by atoms with Crippen LogP contribution in [-0.4, -0.2) is 39.0 Å². The molecule has 2 aliphatic carbocycles. The molecule has 3 atom stereocenters. The molecular formula is C29H33FN6O2.